The van der Waals surface area contributed by atoms with Gasteiger partial charge in [-0.3, -0.25) is 0 Å². The molecule has 2 aromatic carbocycles. The minimum absolute atomic E-state index is 0.493. The third-order valence-corrected chi connectivity index (χ3v) is 3.52. The number of methoxy groups -OCH3 is 1. The molecule has 0 aromatic heterocycles. The van der Waals surface area contributed by atoms with Crippen molar-refractivity contribution in [3.8, 4) is 11.5 Å². The second-order valence-corrected chi connectivity index (χ2v) is 5.56. The summed E-state index contributed by atoms with van der Waals surface area (Å²) in [7, 11) is 1.65. The van der Waals surface area contributed by atoms with Crippen LogP contribution in [-0.4, -0.2) is 33.5 Å². The molecule has 0 amide bonds. The van der Waals surface area contributed by atoms with E-state index in [1.54, 1.807) is 25.3 Å². The van der Waals surface area contributed by atoms with E-state index >= 15 is 0 Å². The number of hydrogen-bond donors (Lipinski definition) is 1. The molecule has 0 saturated heterocycles. The van der Waals surface area contributed by atoms with E-state index in [9.17, 15) is 0 Å². The zero-order chi connectivity index (χ0) is 16.5. The van der Waals surface area contributed by atoms with Crippen molar-refractivity contribution in [2.45, 2.75) is 0 Å². The lowest BCUT2D eigenvalue weighted by molar-refractivity contribution is 0.146. The van der Waals surface area contributed by atoms with Gasteiger partial charge in [0.2, 0.25) is 0 Å². The molecule has 1 N–H and O–H groups in total. The maximum absolute atomic E-state index is 6.04. The summed E-state index contributed by atoms with van der Waals surface area (Å²) in [5.41, 5.74) is 0.995. The van der Waals surface area contributed by atoms with E-state index in [1.165, 1.54) is 0 Å². The lowest BCUT2D eigenvalue weighted by Crippen LogP contribution is -2.11. The SMILES string of the molecule is COCCOc1ccc(NCCOc2ccc(Cl)cc2Cl)cc1. The standard InChI is InChI=1S/C17H19Cl2NO3/c1-21-10-11-22-15-5-3-14(4-6-15)20-8-9-23-17-7-2-13(18)12-16(17)19/h2-7,12,20H,8-11H2,1H3. The molecule has 0 fully saturated rings. The van der Waals surface area contributed by atoms with Gasteiger partial charge in [0, 0.05) is 24.4 Å². The molecule has 0 aliphatic carbocycles. The molecule has 23 heavy (non-hydrogen) atoms. The molecule has 0 aliphatic heterocycles. The molecule has 0 saturated carbocycles. The van der Waals surface area contributed by atoms with Gasteiger partial charge in [-0.2, -0.15) is 0 Å². The van der Waals surface area contributed by atoms with Crippen molar-refractivity contribution < 1.29 is 14.2 Å². The molecule has 2 aromatic rings. The number of hydrogen-bond acceptors (Lipinski definition) is 4. The average Bonchev–Trinajstić information content (AvgIpc) is 2.55. The van der Waals surface area contributed by atoms with Crippen LogP contribution in [0.2, 0.25) is 10.0 Å². The Hall–Kier alpha value is -1.62. The first-order valence-electron chi connectivity index (χ1n) is 7.22. The molecule has 0 heterocycles. The Morgan fingerprint density at radius 1 is 0.913 bits per heavy atom. The maximum Gasteiger partial charge on any atom is 0.138 e. The van der Waals surface area contributed by atoms with Crippen molar-refractivity contribution in [1.82, 2.24) is 0 Å². The molecule has 0 unspecified atom stereocenters. The molecule has 124 valence electrons. The highest BCUT2D eigenvalue weighted by atomic mass is 35.5. The molecule has 0 atom stereocenters. The van der Waals surface area contributed by atoms with Crippen LogP contribution in [0.25, 0.3) is 0 Å². The van der Waals surface area contributed by atoms with Crippen LogP contribution in [0, 0.1) is 0 Å². The Balaban J connectivity index is 1.71. The summed E-state index contributed by atoms with van der Waals surface area (Å²) < 4.78 is 16.1. The second-order valence-electron chi connectivity index (χ2n) is 4.72. The van der Waals surface area contributed by atoms with E-state index in [1.807, 2.05) is 24.3 Å². The van der Waals surface area contributed by atoms with Gasteiger partial charge < -0.3 is 19.5 Å². The van der Waals surface area contributed by atoms with Gasteiger partial charge in [0.05, 0.1) is 11.6 Å². The van der Waals surface area contributed by atoms with Gasteiger partial charge >= 0.3 is 0 Å². The van der Waals surface area contributed by atoms with Crippen molar-refractivity contribution in [1.29, 1.82) is 0 Å². The van der Waals surface area contributed by atoms with Crippen LogP contribution in [0.15, 0.2) is 42.5 Å². The summed E-state index contributed by atoms with van der Waals surface area (Å²) in [4.78, 5) is 0. The van der Waals surface area contributed by atoms with Gasteiger partial charge in [-0.25, -0.2) is 0 Å². The lowest BCUT2D eigenvalue weighted by atomic mass is 10.3. The summed E-state index contributed by atoms with van der Waals surface area (Å²) in [6.07, 6.45) is 0. The summed E-state index contributed by atoms with van der Waals surface area (Å²) in [6, 6.07) is 12.9. The number of anilines is 1. The van der Waals surface area contributed by atoms with Crippen molar-refractivity contribution in [2.24, 2.45) is 0 Å². The Bertz CT molecular complexity index is 605. The fraction of sp³-hybridized carbons (Fsp3) is 0.294. The van der Waals surface area contributed by atoms with E-state index < -0.39 is 0 Å². The second kappa shape index (κ2) is 9.50. The Morgan fingerprint density at radius 2 is 1.70 bits per heavy atom. The minimum atomic E-state index is 0.493. The normalized spacial score (nSPS) is 10.4. The van der Waals surface area contributed by atoms with Gasteiger partial charge in [-0.05, 0) is 42.5 Å². The topological polar surface area (TPSA) is 39.7 Å². The number of rotatable bonds is 9. The Kier molecular flexibility index (Phi) is 7.33. The van der Waals surface area contributed by atoms with Crippen LogP contribution < -0.4 is 14.8 Å². The predicted octanol–water partition coefficient (Wildman–Crippen LogP) is 4.51. The summed E-state index contributed by atoms with van der Waals surface area (Å²) >= 11 is 11.9. The average molecular weight is 356 g/mol. The van der Waals surface area contributed by atoms with Gasteiger partial charge in [-0.15, -0.1) is 0 Å². The largest absolute Gasteiger partial charge is 0.491 e. The van der Waals surface area contributed by atoms with Crippen molar-refractivity contribution in [3.63, 3.8) is 0 Å². The molecule has 0 bridgehead atoms. The molecule has 0 radical (unpaired) electrons. The van der Waals surface area contributed by atoms with E-state index in [-0.39, 0.29) is 0 Å². The van der Waals surface area contributed by atoms with Gasteiger partial charge in [-0.1, -0.05) is 23.2 Å². The fourth-order valence-corrected chi connectivity index (χ4v) is 2.32. The zero-order valence-corrected chi connectivity index (χ0v) is 14.4. The van der Waals surface area contributed by atoms with Crippen LogP contribution >= 0.6 is 23.2 Å². The molecule has 0 aliphatic rings. The molecule has 0 spiro atoms. The third-order valence-electron chi connectivity index (χ3n) is 2.99. The zero-order valence-electron chi connectivity index (χ0n) is 12.9. The van der Waals surface area contributed by atoms with Crippen molar-refractivity contribution >= 4 is 28.9 Å². The quantitative estimate of drug-likeness (QED) is 0.671. The van der Waals surface area contributed by atoms with Crippen molar-refractivity contribution in [3.05, 3.63) is 52.5 Å². The number of ether oxygens (including phenoxy) is 3. The van der Waals surface area contributed by atoms with Crippen LogP contribution in [0.3, 0.4) is 0 Å². The first-order valence-corrected chi connectivity index (χ1v) is 7.98. The van der Waals surface area contributed by atoms with Gasteiger partial charge in [0.15, 0.2) is 0 Å². The van der Waals surface area contributed by atoms with Crippen LogP contribution in [-0.2, 0) is 4.74 Å². The highest BCUT2D eigenvalue weighted by Crippen LogP contribution is 2.27. The number of benzene rings is 2. The monoisotopic (exact) mass is 355 g/mol. The first-order chi connectivity index (χ1) is 11.2. The van der Waals surface area contributed by atoms with E-state index in [4.69, 9.17) is 37.4 Å². The van der Waals surface area contributed by atoms with Crippen LogP contribution in [0.5, 0.6) is 11.5 Å². The van der Waals surface area contributed by atoms with Crippen LogP contribution in [0.4, 0.5) is 5.69 Å². The van der Waals surface area contributed by atoms with Crippen LogP contribution in [0.1, 0.15) is 0 Å². The Morgan fingerprint density at radius 3 is 2.39 bits per heavy atom. The highest BCUT2D eigenvalue weighted by Gasteiger charge is 2.02. The van der Waals surface area contributed by atoms with Gasteiger partial charge in [0.25, 0.3) is 0 Å². The summed E-state index contributed by atoms with van der Waals surface area (Å²) in [5, 5.41) is 4.37. The molecular formula is C17H19Cl2NO3. The van der Waals surface area contributed by atoms with E-state index in [0.29, 0.717) is 42.2 Å². The highest BCUT2D eigenvalue weighted by molar-refractivity contribution is 6.35. The predicted molar refractivity (Wildman–Crippen MR) is 94.3 cm³/mol. The first kappa shape index (κ1) is 17.7. The molecule has 6 heteroatoms. The van der Waals surface area contributed by atoms with E-state index in [2.05, 4.69) is 5.32 Å². The number of nitrogens with one attached hydrogen (secondary N) is 1. The van der Waals surface area contributed by atoms with Crippen molar-refractivity contribution in [2.75, 3.05) is 38.8 Å². The minimum Gasteiger partial charge on any atom is -0.491 e. The van der Waals surface area contributed by atoms with E-state index in [0.717, 1.165) is 11.4 Å². The smallest absolute Gasteiger partial charge is 0.138 e. The summed E-state index contributed by atoms with van der Waals surface area (Å²) in [6.45, 7) is 2.26. The summed E-state index contributed by atoms with van der Waals surface area (Å²) in [5.74, 6) is 1.44. The molecular weight excluding hydrogens is 337 g/mol. The Labute approximate surface area is 146 Å². The number of halogens is 2. The lowest BCUT2D eigenvalue weighted by Gasteiger charge is -2.11. The maximum atomic E-state index is 6.04. The molecule has 2 rings (SSSR count). The third kappa shape index (κ3) is 6.18. The fourth-order valence-electron chi connectivity index (χ4n) is 1.86. The molecule has 4 nitrogen and oxygen atoms in total. The van der Waals surface area contributed by atoms with Gasteiger partial charge in [0.1, 0.15) is 24.7 Å².